The van der Waals surface area contributed by atoms with Gasteiger partial charge in [-0.25, -0.2) is 4.39 Å². The Morgan fingerprint density at radius 1 is 1.26 bits per heavy atom. The average molecular weight is 477 g/mol. The minimum atomic E-state index is -2.01. The number of ether oxygens (including phenoxy) is 1. The molecule has 0 heterocycles. The van der Waals surface area contributed by atoms with E-state index in [2.05, 4.69) is 0 Å². The molecule has 0 bridgehead atoms. The van der Waals surface area contributed by atoms with Gasteiger partial charge in [0.1, 0.15) is 5.60 Å². The Kier molecular flexibility index (Phi) is 6.21. The van der Waals surface area contributed by atoms with Crippen molar-refractivity contribution in [3.05, 3.63) is 23.8 Å². The molecule has 34 heavy (non-hydrogen) atoms. The zero-order valence-corrected chi connectivity index (χ0v) is 20.6. The highest BCUT2D eigenvalue weighted by atomic mass is 19.1. The number of allylic oxidation sites excluding steroid dienone is 4. The van der Waals surface area contributed by atoms with Crippen molar-refractivity contribution in [1.29, 1.82) is 0 Å². The van der Waals surface area contributed by atoms with Gasteiger partial charge in [-0.15, -0.1) is 0 Å². The van der Waals surface area contributed by atoms with Gasteiger partial charge in [0.2, 0.25) is 5.78 Å². The van der Waals surface area contributed by atoms with E-state index >= 15 is 4.39 Å². The quantitative estimate of drug-likeness (QED) is 0.568. The van der Waals surface area contributed by atoms with Crippen molar-refractivity contribution in [2.45, 2.75) is 90.0 Å². The molecule has 4 aliphatic rings. The second-order valence-corrected chi connectivity index (χ2v) is 11.4. The number of ketones is 2. The third-order valence-electron chi connectivity index (χ3n) is 9.75. The minimum absolute atomic E-state index is 0.0916. The summed E-state index contributed by atoms with van der Waals surface area (Å²) in [5.41, 5.74) is -5.34. The van der Waals surface area contributed by atoms with Crippen LogP contribution in [0.4, 0.5) is 4.39 Å². The number of aliphatic hydroxyl groups excluding tert-OH is 1. The number of Topliss-reactive ketones (excluding diaryl/α,β-unsaturated/α-hetero) is 1. The molecular weight excluding hydrogens is 439 g/mol. The lowest BCUT2D eigenvalue weighted by molar-refractivity contribution is -0.220. The Balaban J connectivity index is 1.65. The van der Waals surface area contributed by atoms with Crippen molar-refractivity contribution >= 4 is 17.5 Å². The molecule has 8 atom stereocenters. The molecule has 0 aromatic heterocycles. The van der Waals surface area contributed by atoms with Crippen molar-refractivity contribution in [2.75, 3.05) is 6.61 Å². The summed E-state index contributed by atoms with van der Waals surface area (Å²) in [5, 5.41) is 23.2. The van der Waals surface area contributed by atoms with E-state index in [4.69, 9.17) is 4.74 Å². The number of hydrogen-bond acceptors (Lipinski definition) is 6. The highest BCUT2D eigenvalue weighted by Crippen LogP contribution is 2.70. The second-order valence-electron chi connectivity index (χ2n) is 11.4. The van der Waals surface area contributed by atoms with Crippen LogP contribution in [-0.4, -0.2) is 51.7 Å². The number of carbonyl (C=O) groups is 3. The van der Waals surface area contributed by atoms with Gasteiger partial charge in [0.05, 0.1) is 6.10 Å². The van der Waals surface area contributed by atoms with Gasteiger partial charge < -0.3 is 14.9 Å². The topological polar surface area (TPSA) is 101 Å². The lowest BCUT2D eigenvalue weighted by Crippen LogP contribution is -2.69. The van der Waals surface area contributed by atoms with Gasteiger partial charge in [-0.05, 0) is 63.0 Å². The highest BCUT2D eigenvalue weighted by molar-refractivity contribution is 6.01. The predicted octanol–water partition coefficient (Wildman–Crippen LogP) is 3.64. The summed E-state index contributed by atoms with van der Waals surface area (Å²) in [5.74, 6) is -2.64. The fourth-order valence-corrected chi connectivity index (χ4v) is 7.79. The smallest absolute Gasteiger partial charge is 0.306 e. The fourth-order valence-electron chi connectivity index (χ4n) is 7.79. The number of fused-ring (bicyclic) bond motifs is 5. The summed E-state index contributed by atoms with van der Waals surface area (Å²) in [7, 11) is 0. The molecule has 0 spiro atoms. The molecule has 6 nitrogen and oxygen atoms in total. The first-order valence-electron chi connectivity index (χ1n) is 12.6. The molecule has 4 aliphatic carbocycles. The van der Waals surface area contributed by atoms with E-state index in [9.17, 15) is 24.6 Å². The third kappa shape index (κ3) is 3.22. The first-order chi connectivity index (χ1) is 15.9. The lowest BCUT2D eigenvalue weighted by atomic mass is 9.44. The molecule has 0 radical (unpaired) electrons. The average Bonchev–Trinajstić information content (AvgIpc) is 2.99. The van der Waals surface area contributed by atoms with E-state index in [1.165, 1.54) is 12.2 Å². The Bertz CT molecular complexity index is 957. The first-order valence-corrected chi connectivity index (χ1v) is 12.6. The molecule has 188 valence electrons. The van der Waals surface area contributed by atoms with Gasteiger partial charge in [-0.3, -0.25) is 14.4 Å². The molecule has 7 heteroatoms. The number of esters is 1. The van der Waals surface area contributed by atoms with Crippen LogP contribution in [0.25, 0.3) is 0 Å². The summed E-state index contributed by atoms with van der Waals surface area (Å²) >= 11 is 0. The molecule has 4 rings (SSSR count). The van der Waals surface area contributed by atoms with E-state index in [0.717, 1.165) is 6.42 Å². The molecule has 0 aromatic rings. The summed E-state index contributed by atoms with van der Waals surface area (Å²) in [6.45, 7) is 6.72. The highest BCUT2D eigenvalue weighted by Gasteiger charge is 2.75. The Labute approximate surface area is 200 Å². The van der Waals surface area contributed by atoms with Crippen LogP contribution in [0.1, 0.15) is 72.6 Å². The van der Waals surface area contributed by atoms with Crippen molar-refractivity contribution in [1.82, 2.24) is 0 Å². The van der Waals surface area contributed by atoms with Gasteiger partial charge in [0.15, 0.2) is 18.1 Å². The first kappa shape index (κ1) is 25.2. The maximum atomic E-state index is 17.1. The largest absolute Gasteiger partial charge is 0.458 e. The molecule has 0 amide bonds. The zero-order valence-electron chi connectivity index (χ0n) is 20.6. The zero-order chi connectivity index (χ0) is 25.1. The summed E-state index contributed by atoms with van der Waals surface area (Å²) < 4.78 is 22.3. The Hall–Kier alpha value is -1.86. The van der Waals surface area contributed by atoms with E-state index < -0.39 is 58.4 Å². The number of halogens is 1. The molecular formula is C27H37FO6. The van der Waals surface area contributed by atoms with Crippen LogP contribution >= 0.6 is 0 Å². The monoisotopic (exact) mass is 476 g/mol. The SMILES string of the molecule is CCCCC(=O)OCC(=O)[C@@]1(O)[C@@H](C)CC2C3CCC4=CC(=O)C=C[C@]4(C)[C@@]3(F)[C@@H](O)C[C@@]21C. The van der Waals surface area contributed by atoms with Crippen LogP contribution in [0.5, 0.6) is 0 Å². The van der Waals surface area contributed by atoms with E-state index in [-0.39, 0.29) is 24.5 Å². The molecule has 0 aliphatic heterocycles. The molecule has 0 saturated heterocycles. The normalized spacial score (nSPS) is 45.1. The van der Waals surface area contributed by atoms with Gasteiger partial charge in [-0.2, -0.15) is 0 Å². The number of alkyl halides is 1. The maximum Gasteiger partial charge on any atom is 0.306 e. The van der Waals surface area contributed by atoms with Gasteiger partial charge >= 0.3 is 5.97 Å². The van der Waals surface area contributed by atoms with Crippen LogP contribution in [-0.2, 0) is 19.1 Å². The van der Waals surface area contributed by atoms with E-state index in [0.29, 0.717) is 31.3 Å². The van der Waals surface area contributed by atoms with E-state index in [1.54, 1.807) is 26.8 Å². The lowest BCUT2D eigenvalue weighted by Gasteiger charge is -2.62. The van der Waals surface area contributed by atoms with Crippen LogP contribution in [0.3, 0.4) is 0 Å². The molecule has 0 aromatic carbocycles. The second kappa shape index (κ2) is 8.37. The Morgan fingerprint density at radius 2 is 1.97 bits per heavy atom. The van der Waals surface area contributed by atoms with Crippen LogP contribution in [0, 0.1) is 28.6 Å². The summed E-state index contributed by atoms with van der Waals surface area (Å²) in [6.07, 6.45) is 6.03. The molecule has 2 N–H and O–H groups in total. The number of hydrogen-bond donors (Lipinski definition) is 2. The predicted molar refractivity (Wildman–Crippen MR) is 123 cm³/mol. The maximum absolute atomic E-state index is 17.1. The van der Waals surface area contributed by atoms with Gasteiger partial charge in [0, 0.05) is 23.2 Å². The minimum Gasteiger partial charge on any atom is -0.458 e. The molecule has 3 fully saturated rings. The van der Waals surface area contributed by atoms with Crippen LogP contribution in [0.15, 0.2) is 23.8 Å². The van der Waals surface area contributed by atoms with Crippen molar-refractivity contribution in [3.63, 3.8) is 0 Å². The third-order valence-corrected chi connectivity index (χ3v) is 9.75. The van der Waals surface area contributed by atoms with Crippen molar-refractivity contribution < 1.29 is 33.7 Å². The van der Waals surface area contributed by atoms with Crippen molar-refractivity contribution in [3.8, 4) is 0 Å². The summed E-state index contributed by atoms with van der Waals surface area (Å²) in [4.78, 5) is 37.2. The number of rotatable bonds is 6. The van der Waals surface area contributed by atoms with Crippen molar-refractivity contribution in [2.24, 2.45) is 28.6 Å². The van der Waals surface area contributed by atoms with E-state index in [1.807, 2.05) is 6.92 Å². The molecule has 3 saturated carbocycles. The number of aliphatic hydroxyl groups is 2. The van der Waals surface area contributed by atoms with Gasteiger partial charge in [0.25, 0.3) is 0 Å². The fraction of sp³-hybridized carbons (Fsp3) is 0.741. The van der Waals surface area contributed by atoms with Crippen LogP contribution < -0.4 is 0 Å². The molecule has 2 unspecified atom stereocenters. The Morgan fingerprint density at radius 3 is 2.65 bits per heavy atom. The van der Waals surface area contributed by atoms with Gasteiger partial charge in [-0.1, -0.05) is 38.8 Å². The number of carbonyl (C=O) groups excluding carboxylic acids is 3. The number of unbranched alkanes of at least 4 members (excludes halogenated alkanes) is 1. The standard InChI is InChI=1S/C27H37FO6/c1-5-6-7-23(32)34-15-22(31)27(33)16(2)12-20-19-9-8-17-13-18(29)10-11-24(17,3)26(19,28)21(30)14-25(20,27)4/h10-11,13,16,19-21,30,33H,5-9,12,14-15H2,1-4H3/t16-,19?,20?,21-,24-,25-,26-,27-/m0/s1. The van der Waals surface area contributed by atoms with Crippen LogP contribution in [0.2, 0.25) is 0 Å². The summed E-state index contributed by atoms with van der Waals surface area (Å²) in [6, 6.07) is 0.